The fraction of sp³-hybridized carbons (Fsp3) is 0.500. The molecule has 1 aliphatic rings. The fourth-order valence-electron chi connectivity index (χ4n) is 2.29. The molecule has 1 aromatic carbocycles. The number of hydrogen-bond donors (Lipinski definition) is 2. The van der Waals surface area contributed by atoms with Gasteiger partial charge < -0.3 is 15.5 Å². The summed E-state index contributed by atoms with van der Waals surface area (Å²) >= 11 is 0. The average molecular weight is 301 g/mol. The molecular weight excluding hydrogens is 283 g/mol. The lowest BCUT2D eigenvalue weighted by Gasteiger charge is -2.21. The van der Waals surface area contributed by atoms with Crippen LogP contribution in [0.5, 0.6) is 0 Å². The van der Waals surface area contributed by atoms with Crippen molar-refractivity contribution in [2.24, 2.45) is 0 Å². The summed E-state index contributed by atoms with van der Waals surface area (Å²) in [7, 11) is 1.67. The summed E-state index contributed by atoms with van der Waals surface area (Å²) < 4.78 is 37.3. The smallest absolute Gasteiger partial charge is 0.326 e. The quantitative estimate of drug-likeness (QED) is 0.901. The Morgan fingerprint density at radius 1 is 1.38 bits per heavy atom. The van der Waals surface area contributed by atoms with E-state index < -0.39 is 11.7 Å². The molecule has 7 heteroatoms. The molecule has 2 amide bonds. The van der Waals surface area contributed by atoms with Crippen molar-refractivity contribution in [3.63, 3.8) is 0 Å². The highest BCUT2D eigenvalue weighted by Crippen LogP contribution is 2.29. The van der Waals surface area contributed by atoms with Gasteiger partial charge in [0.25, 0.3) is 0 Å². The minimum Gasteiger partial charge on any atom is -0.326 e. The summed E-state index contributed by atoms with van der Waals surface area (Å²) in [6, 6.07) is 4.37. The fourth-order valence-corrected chi connectivity index (χ4v) is 2.29. The molecule has 0 aromatic heterocycles. The number of rotatable bonds is 3. The van der Waals surface area contributed by atoms with E-state index in [0.29, 0.717) is 12.2 Å². The van der Waals surface area contributed by atoms with E-state index in [2.05, 4.69) is 10.6 Å². The first kappa shape index (κ1) is 15.6. The van der Waals surface area contributed by atoms with Crippen LogP contribution in [0.3, 0.4) is 0 Å². The topological polar surface area (TPSA) is 44.4 Å². The SMILES string of the molecule is CN(CC1CCCN1)C(=O)Nc1ccc(C(F)(F)F)cc1. The lowest BCUT2D eigenvalue weighted by Crippen LogP contribution is -2.40. The Kier molecular flexibility index (Phi) is 4.72. The summed E-state index contributed by atoms with van der Waals surface area (Å²) in [6.07, 6.45) is -2.25. The number of amides is 2. The van der Waals surface area contributed by atoms with Gasteiger partial charge in [-0.05, 0) is 43.7 Å². The van der Waals surface area contributed by atoms with Gasteiger partial charge >= 0.3 is 12.2 Å². The van der Waals surface area contributed by atoms with Crippen molar-refractivity contribution in [1.82, 2.24) is 10.2 Å². The van der Waals surface area contributed by atoms with E-state index in [-0.39, 0.29) is 12.1 Å². The first-order chi connectivity index (χ1) is 9.86. The highest BCUT2D eigenvalue weighted by atomic mass is 19.4. The third-order valence-corrected chi connectivity index (χ3v) is 3.47. The molecule has 1 aromatic rings. The van der Waals surface area contributed by atoms with Crippen LogP contribution < -0.4 is 10.6 Å². The van der Waals surface area contributed by atoms with Crippen molar-refractivity contribution >= 4 is 11.7 Å². The van der Waals surface area contributed by atoms with E-state index >= 15 is 0 Å². The first-order valence-electron chi connectivity index (χ1n) is 6.79. The van der Waals surface area contributed by atoms with Crippen molar-refractivity contribution in [3.05, 3.63) is 29.8 Å². The van der Waals surface area contributed by atoms with E-state index in [1.54, 1.807) is 7.05 Å². The van der Waals surface area contributed by atoms with Crippen LogP contribution in [0.2, 0.25) is 0 Å². The second-order valence-corrected chi connectivity index (χ2v) is 5.18. The summed E-state index contributed by atoms with van der Waals surface area (Å²) in [5.74, 6) is 0. The number of carbonyl (C=O) groups excluding carboxylic acids is 1. The summed E-state index contributed by atoms with van der Waals surface area (Å²) in [5, 5.41) is 5.87. The van der Waals surface area contributed by atoms with Gasteiger partial charge in [-0.2, -0.15) is 13.2 Å². The lowest BCUT2D eigenvalue weighted by atomic mass is 10.2. The Bertz CT molecular complexity index is 481. The molecule has 1 unspecified atom stereocenters. The first-order valence-corrected chi connectivity index (χ1v) is 6.79. The van der Waals surface area contributed by atoms with Crippen LogP contribution in [-0.2, 0) is 6.18 Å². The Labute approximate surface area is 121 Å². The molecule has 1 saturated heterocycles. The predicted octanol–water partition coefficient (Wildman–Crippen LogP) is 2.92. The summed E-state index contributed by atoms with van der Waals surface area (Å²) in [5.41, 5.74) is -0.386. The maximum atomic E-state index is 12.4. The van der Waals surface area contributed by atoms with Crippen molar-refractivity contribution in [2.75, 3.05) is 25.5 Å². The Balaban J connectivity index is 1.89. The normalized spacial score (nSPS) is 18.6. The number of carbonyl (C=O) groups is 1. The van der Waals surface area contributed by atoms with Gasteiger partial charge in [0.1, 0.15) is 0 Å². The van der Waals surface area contributed by atoms with E-state index in [0.717, 1.165) is 31.5 Å². The molecule has 1 fully saturated rings. The van der Waals surface area contributed by atoms with Gasteiger partial charge in [-0.25, -0.2) is 4.79 Å². The number of alkyl halides is 3. The van der Waals surface area contributed by atoms with Crippen LogP contribution in [0.25, 0.3) is 0 Å². The molecule has 0 bridgehead atoms. The van der Waals surface area contributed by atoms with Gasteiger partial charge in [0.15, 0.2) is 0 Å². The third kappa shape index (κ3) is 4.35. The molecule has 2 N–H and O–H groups in total. The number of halogens is 3. The molecule has 2 rings (SSSR count). The van der Waals surface area contributed by atoms with E-state index in [1.165, 1.54) is 17.0 Å². The maximum Gasteiger partial charge on any atom is 0.416 e. The van der Waals surface area contributed by atoms with Gasteiger partial charge in [0, 0.05) is 25.3 Å². The molecule has 21 heavy (non-hydrogen) atoms. The van der Waals surface area contributed by atoms with Crippen LogP contribution >= 0.6 is 0 Å². The third-order valence-electron chi connectivity index (χ3n) is 3.47. The molecule has 0 saturated carbocycles. The van der Waals surface area contributed by atoms with Gasteiger partial charge in [-0.3, -0.25) is 0 Å². The molecule has 116 valence electrons. The highest BCUT2D eigenvalue weighted by molar-refractivity contribution is 5.89. The zero-order valence-electron chi connectivity index (χ0n) is 11.7. The van der Waals surface area contributed by atoms with Crippen LogP contribution in [0, 0.1) is 0 Å². The molecular formula is C14H18F3N3O. The number of nitrogens with zero attached hydrogens (tertiary/aromatic N) is 1. The van der Waals surface area contributed by atoms with Crippen molar-refractivity contribution in [1.29, 1.82) is 0 Å². The molecule has 1 heterocycles. The molecule has 4 nitrogen and oxygen atoms in total. The van der Waals surface area contributed by atoms with Gasteiger partial charge in [0.05, 0.1) is 5.56 Å². The Morgan fingerprint density at radius 2 is 2.05 bits per heavy atom. The zero-order valence-corrected chi connectivity index (χ0v) is 11.7. The average Bonchev–Trinajstić information content (AvgIpc) is 2.91. The highest BCUT2D eigenvalue weighted by Gasteiger charge is 2.30. The van der Waals surface area contributed by atoms with Crippen molar-refractivity contribution < 1.29 is 18.0 Å². The molecule has 0 spiro atoms. The standard InChI is InChI=1S/C14H18F3N3O/c1-20(9-12-3-2-8-18-12)13(21)19-11-6-4-10(5-7-11)14(15,16)17/h4-7,12,18H,2-3,8-9H2,1H3,(H,19,21). The Morgan fingerprint density at radius 3 is 2.57 bits per heavy atom. The molecule has 0 radical (unpaired) electrons. The van der Waals surface area contributed by atoms with Crippen molar-refractivity contribution in [2.45, 2.75) is 25.1 Å². The number of likely N-dealkylation sites (N-methyl/N-ethyl adjacent to an activating group) is 1. The van der Waals surface area contributed by atoms with Gasteiger partial charge in [-0.1, -0.05) is 0 Å². The summed E-state index contributed by atoms with van der Waals surface area (Å²) in [4.78, 5) is 13.5. The maximum absolute atomic E-state index is 12.4. The number of anilines is 1. The van der Waals surface area contributed by atoms with E-state index in [9.17, 15) is 18.0 Å². The minimum atomic E-state index is -4.37. The van der Waals surface area contributed by atoms with Crippen LogP contribution in [0.15, 0.2) is 24.3 Å². The second kappa shape index (κ2) is 6.34. The molecule has 1 aliphatic heterocycles. The monoisotopic (exact) mass is 301 g/mol. The number of nitrogens with one attached hydrogen (secondary N) is 2. The minimum absolute atomic E-state index is 0.286. The zero-order chi connectivity index (χ0) is 15.5. The van der Waals surface area contributed by atoms with Crippen LogP contribution in [0.4, 0.5) is 23.7 Å². The second-order valence-electron chi connectivity index (χ2n) is 5.18. The predicted molar refractivity (Wildman–Crippen MR) is 74.1 cm³/mol. The van der Waals surface area contributed by atoms with E-state index in [1.807, 2.05) is 0 Å². The van der Waals surface area contributed by atoms with Crippen LogP contribution in [-0.4, -0.2) is 37.1 Å². The molecule has 0 aliphatic carbocycles. The van der Waals surface area contributed by atoms with Gasteiger partial charge in [-0.15, -0.1) is 0 Å². The Hall–Kier alpha value is -1.76. The molecule has 1 atom stereocenters. The van der Waals surface area contributed by atoms with Gasteiger partial charge in [0.2, 0.25) is 0 Å². The number of hydrogen-bond acceptors (Lipinski definition) is 2. The van der Waals surface area contributed by atoms with Crippen molar-refractivity contribution in [3.8, 4) is 0 Å². The van der Waals surface area contributed by atoms with E-state index in [4.69, 9.17) is 0 Å². The largest absolute Gasteiger partial charge is 0.416 e. The number of urea groups is 1. The van der Waals surface area contributed by atoms with Crippen LogP contribution in [0.1, 0.15) is 18.4 Å². The summed E-state index contributed by atoms with van der Waals surface area (Å²) in [6.45, 7) is 1.53. The lowest BCUT2D eigenvalue weighted by molar-refractivity contribution is -0.137. The number of benzene rings is 1.